The molecule has 0 unspecified atom stereocenters. The van der Waals surface area contributed by atoms with E-state index in [0.29, 0.717) is 18.4 Å². The van der Waals surface area contributed by atoms with Crippen LogP contribution in [0.2, 0.25) is 0 Å². The van der Waals surface area contributed by atoms with Gasteiger partial charge in [-0.3, -0.25) is 4.79 Å². The quantitative estimate of drug-likeness (QED) is 0.337. The Morgan fingerprint density at radius 2 is 1.50 bits per heavy atom. The molecule has 28 heavy (non-hydrogen) atoms. The van der Waals surface area contributed by atoms with E-state index in [1.807, 2.05) is 0 Å². The molecule has 1 aromatic carbocycles. The molecule has 150 valence electrons. The van der Waals surface area contributed by atoms with Gasteiger partial charge in [-0.1, -0.05) is 0 Å². The van der Waals surface area contributed by atoms with E-state index in [-0.39, 0.29) is 17.2 Å². The van der Waals surface area contributed by atoms with Gasteiger partial charge in [0.1, 0.15) is 10.6 Å². The van der Waals surface area contributed by atoms with Crippen molar-refractivity contribution in [1.29, 1.82) is 0 Å². The molecule has 4 nitrogen and oxygen atoms in total. The smallest absolute Gasteiger partial charge is 0.341 e. The van der Waals surface area contributed by atoms with Gasteiger partial charge in [-0.25, -0.2) is 26.7 Å². The van der Waals surface area contributed by atoms with Crippen LogP contribution >= 0.6 is 11.3 Å². The largest absolute Gasteiger partial charge is 0.462 e. The van der Waals surface area contributed by atoms with Gasteiger partial charge in [-0.15, -0.1) is 11.3 Å². The van der Waals surface area contributed by atoms with Crippen molar-refractivity contribution in [2.75, 3.05) is 11.9 Å². The van der Waals surface area contributed by atoms with E-state index in [4.69, 9.17) is 4.74 Å². The number of carbonyl (C=O) groups excluding carboxylic acids is 2. The Morgan fingerprint density at radius 1 is 0.929 bits per heavy atom. The topological polar surface area (TPSA) is 55.4 Å². The third-order valence-corrected chi connectivity index (χ3v) is 5.52. The number of carbonyl (C=O) groups is 2. The Hall–Kier alpha value is -2.49. The second-order valence-corrected chi connectivity index (χ2v) is 7.14. The van der Waals surface area contributed by atoms with Gasteiger partial charge in [0.2, 0.25) is 5.82 Å². The van der Waals surface area contributed by atoms with Crippen LogP contribution in [0, 0.1) is 29.1 Å². The summed E-state index contributed by atoms with van der Waals surface area (Å²) < 4.78 is 72.7. The molecule has 0 spiro atoms. The number of rotatable bonds is 4. The van der Waals surface area contributed by atoms with Crippen molar-refractivity contribution >= 4 is 28.2 Å². The summed E-state index contributed by atoms with van der Waals surface area (Å²) in [5.41, 5.74) is -0.890. The molecule has 1 amide bonds. The summed E-state index contributed by atoms with van der Waals surface area (Å²) >= 11 is 1.02. The van der Waals surface area contributed by atoms with E-state index >= 15 is 0 Å². The van der Waals surface area contributed by atoms with Crippen LogP contribution in [0.25, 0.3) is 0 Å². The van der Waals surface area contributed by atoms with Crippen LogP contribution in [0.4, 0.5) is 27.0 Å². The van der Waals surface area contributed by atoms with Crippen LogP contribution < -0.4 is 5.32 Å². The molecular formula is C18H14F5NO3S. The average Bonchev–Trinajstić information content (AvgIpc) is 3.03. The van der Waals surface area contributed by atoms with Gasteiger partial charge in [0.25, 0.3) is 5.91 Å². The first-order valence-electron chi connectivity index (χ1n) is 8.42. The Bertz CT molecular complexity index is 944. The number of thiophene rings is 1. The number of aryl methyl sites for hydroxylation is 1. The van der Waals surface area contributed by atoms with Crippen molar-refractivity contribution in [2.24, 2.45) is 0 Å². The van der Waals surface area contributed by atoms with Crippen LogP contribution in [-0.2, 0) is 17.6 Å². The maximum absolute atomic E-state index is 13.9. The van der Waals surface area contributed by atoms with Gasteiger partial charge in [0.05, 0.1) is 12.2 Å². The molecule has 0 aliphatic heterocycles. The van der Waals surface area contributed by atoms with E-state index in [2.05, 4.69) is 5.32 Å². The van der Waals surface area contributed by atoms with Crippen LogP contribution in [0.1, 0.15) is 50.9 Å². The number of esters is 1. The average molecular weight is 419 g/mol. The van der Waals surface area contributed by atoms with Crippen molar-refractivity contribution in [3.8, 4) is 0 Å². The fraction of sp³-hybridized carbons (Fsp3) is 0.333. The van der Waals surface area contributed by atoms with Gasteiger partial charge in [-0.2, -0.15) is 0 Å². The van der Waals surface area contributed by atoms with Crippen molar-refractivity contribution in [1.82, 2.24) is 0 Å². The fourth-order valence-electron chi connectivity index (χ4n) is 3.04. The van der Waals surface area contributed by atoms with Gasteiger partial charge in [0.15, 0.2) is 23.3 Å². The molecule has 1 heterocycles. The Labute approximate surface area is 160 Å². The summed E-state index contributed by atoms with van der Waals surface area (Å²) in [6, 6.07) is 0. The van der Waals surface area contributed by atoms with Crippen LogP contribution in [0.5, 0.6) is 0 Å². The van der Waals surface area contributed by atoms with E-state index in [9.17, 15) is 31.5 Å². The number of nitrogens with one attached hydrogen (secondary N) is 1. The van der Waals surface area contributed by atoms with Crippen LogP contribution in [-0.4, -0.2) is 18.5 Å². The molecule has 10 heteroatoms. The van der Waals surface area contributed by atoms with Crippen LogP contribution in [0.3, 0.4) is 0 Å². The summed E-state index contributed by atoms with van der Waals surface area (Å²) in [7, 11) is 0. The highest BCUT2D eigenvalue weighted by atomic mass is 32.1. The molecule has 2 aromatic rings. The summed E-state index contributed by atoms with van der Waals surface area (Å²) in [5, 5.41) is 2.08. The standard InChI is InChI=1S/C18H14F5NO3S/c1-2-27-18(26)9-7-5-3-4-6-8(7)28-17(9)24-16(25)10-11(19)13(21)15(23)14(22)12(10)20/h2-6H2,1H3,(H,24,25). The van der Waals surface area contributed by atoms with Crippen molar-refractivity contribution < 1.29 is 36.3 Å². The molecule has 0 saturated heterocycles. The van der Waals surface area contributed by atoms with E-state index in [0.717, 1.165) is 29.1 Å². The minimum absolute atomic E-state index is 0.0423. The number of hydrogen-bond donors (Lipinski definition) is 1. The first kappa shape index (κ1) is 20.2. The van der Waals surface area contributed by atoms with Crippen molar-refractivity contribution in [2.45, 2.75) is 32.6 Å². The highest BCUT2D eigenvalue weighted by molar-refractivity contribution is 7.17. The molecule has 1 aromatic heterocycles. The Kier molecular flexibility index (Phi) is 5.69. The van der Waals surface area contributed by atoms with E-state index in [1.165, 1.54) is 0 Å². The zero-order valence-electron chi connectivity index (χ0n) is 14.6. The zero-order chi connectivity index (χ0) is 20.6. The molecule has 1 aliphatic rings. The number of halogens is 5. The minimum atomic E-state index is -2.36. The van der Waals surface area contributed by atoms with Gasteiger partial charge >= 0.3 is 5.97 Å². The number of ether oxygens (including phenoxy) is 1. The van der Waals surface area contributed by atoms with Crippen molar-refractivity contribution in [3.63, 3.8) is 0 Å². The first-order chi connectivity index (χ1) is 13.3. The zero-order valence-corrected chi connectivity index (χ0v) is 15.4. The number of hydrogen-bond acceptors (Lipinski definition) is 4. The fourth-order valence-corrected chi connectivity index (χ4v) is 4.32. The maximum atomic E-state index is 13.9. The second-order valence-electron chi connectivity index (χ2n) is 6.03. The summed E-state index contributed by atoms with van der Waals surface area (Å²) in [4.78, 5) is 25.5. The highest BCUT2D eigenvalue weighted by Gasteiger charge is 2.32. The van der Waals surface area contributed by atoms with Gasteiger partial charge < -0.3 is 10.1 Å². The summed E-state index contributed by atoms with van der Waals surface area (Å²) in [6.07, 6.45) is 2.87. The SMILES string of the molecule is CCOC(=O)c1c(NC(=O)c2c(F)c(F)c(F)c(F)c2F)sc2c1CCCC2. The highest BCUT2D eigenvalue weighted by Crippen LogP contribution is 2.39. The lowest BCUT2D eigenvalue weighted by atomic mass is 9.95. The van der Waals surface area contributed by atoms with Crippen molar-refractivity contribution in [3.05, 3.63) is 50.7 Å². The predicted octanol–water partition coefficient (Wildman–Crippen LogP) is 4.75. The molecule has 0 radical (unpaired) electrons. The van der Waals surface area contributed by atoms with E-state index in [1.54, 1.807) is 6.92 Å². The van der Waals surface area contributed by atoms with E-state index < -0.39 is 46.5 Å². The summed E-state index contributed by atoms with van der Waals surface area (Å²) in [5.74, 6) is -13.6. The van der Waals surface area contributed by atoms with Gasteiger partial charge in [-0.05, 0) is 38.2 Å². The van der Waals surface area contributed by atoms with Gasteiger partial charge in [0, 0.05) is 4.88 Å². The predicted molar refractivity (Wildman–Crippen MR) is 91.1 cm³/mol. The molecule has 0 saturated carbocycles. The summed E-state index contributed by atoms with van der Waals surface area (Å²) in [6.45, 7) is 1.65. The first-order valence-corrected chi connectivity index (χ1v) is 9.23. The minimum Gasteiger partial charge on any atom is -0.462 e. The molecule has 0 bridgehead atoms. The lowest BCUT2D eigenvalue weighted by molar-refractivity contribution is 0.0526. The number of amides is 1. The third kappa shape index (κ3) is 3.36. The Morgan fingerprint density at radius 3 is 2.11 bits per heavy atom. The number of fused-ring (bicyclic) bond motifs is 1. The lowest BCUT2D eigenvalue weighted by Crippen LogP contribution is -2.20. The number of anilines is 1. The third-order valence-electron chi connectivity index (χ3n) is 4.31. The second kappa shape index (κ2) is 7.86. The number of benzene rings is 1. The molecule has 1 N–H and O–H groups in total. The molecular weight excluding hydrogens is 405 g/mol. The molecule has 0 atom stereocenters. The lowest BCUT2D eigenvalue weighted by Gasteiger charge is -2.12. The monoisotopic (exact) mass is 419 g/mol. The maximum Gasteiger partial charge on any atom is 0.341 e. The normalized spacial score (nSPS) is 13.2. The van der Waals surface area contributed by atoms with Crippen LogP contribution in [0.15, 0.2) is 0 Å². The molecule has 3 rings (SSSR count). The Balaban J connectivity index is 2.04. The molecule has 1 aliphatic carbocycles. The molecule has 0 fully saturated rings.